The molecule has 0 saturated carbocycles. The Morgan fingerprint density at radius 1 is 1.31 bits per heavy atom. The predicted octanol–water partition coefficient (Wildman–Crippen LogP) is 2.68. The summed E-state index contributed by atoms with van der Waals surface area (Å²) in [4.78, 5) is 36.2. The number of hydrogen-bond donors (Lipinski definition) is 2. The number of benzene rings is 1. The van der Waals surface area contributed by atoms with Crippen molar-refractivity contribution < 1.29 is 23.8 Å². The zero-order valence-electron chi connectivity index (χ0n) is 16.7. The molecule has 156 valence electrons. The summed E-state index contributed by atoms with van der Waals surface area (Å²) in [6.45, 7) is 3.43. The second-order valence-corrected chi connectivity index (χ2v) is 8.26. The van der Waals surface area contributed by atoms with Gasteiger partial charge in [-0.3, -0.25) is 4.79 Å². The minimum atomic E-state index is -1.07. The summed E-state index contributed by atoms with van der Waals surface area (Å²) < 4.78 is 11.4. The molecule has 1 heterocycles. The summed E-state index contributed by atoms with van der Waals surface area (Å²) in [5.41, 5.74) is 2.56. The van der Waals surface area contributed by atoms with E-state index >= 15 is 0 Å². The van der Waals surface area contributed by atoms with Gasteiger partial charge in [0.2, 0.25) is 0 Å². The van der Waals surface area contributed by atoms with Crippen molar-refractivity contribution >= 4 is 34.6 Å². The molecular formula is C21H25NO6S. The topological polar surface area (TPSA) is 106 Å². The number of carbonyl (C=O) groups excluding carboxylic acids is 1. The third-order valence-electron chi connectivity index (χ3n) is 5.08. The van der Waals surface area contributed by atoms with Gasteiger partial charge in [0.05, 0.1) is 5.39 Å². The van der Waals surface area contributed by atoms with Crippen LogP contribution < -0.4 is 15.7 Å². The number of aryl methyl sites for hydroxylation is 2. The fourth-order valence-corrected chi connectivity index (χ4v) is 4.10. The molecule has 0 radical (unpaired) electrons. The number of carbonyl (C=O) groups is 2. The number of thioether (sulfide) groups is 1. The van der Waals surface area contributed by atoms with Crippen molar-refractivity contribution in [2.75, 3.05) is 12.0 Å². The van der Waals surface area contributed by atoms with Crippen molar-refractivity contribution in [2.24, 2.45) is 0 Å². The Bertz CT molecular complexity index is 999. The lowest BCUT2D eigenvalue weighted by atomic mass is 10.0. The first-order valence-corrected chi connectivity index (χ1v) is 11.0. The molecule has 29 heavy (non-hydrogen) atoms. The molecule has 1 aliphatic carbocycles. The second-order valence-electron chi connectivity index (χ2n) is 7.28. The van der Waals surface area contributed by atoms with E-state index in [4.69, 9.17) is 9.15 Å². The van der Waals surface area contributed by atoms with E-state index in [9.17, 15) is 19.5 Å². The van der Waals surface area contributed by atoms with Crippen LogP contribution in [-0.4, -0.2) is 41.1 Å². The van der Waals surface area contributed by atoms with E-state index in [0.717, 1.165) is 29.4 Å². The number of nitrogens with one attached hydrogen (secondary N) is 1. The molecule has 0 aliphatic heterocycles. The SMILES string of the molecule is CSCC[C@H](NC(=O)C(C)Oc1cc(C)cc2oc(=O)c3c(c12)CCC3)C(=O)O. The third-order valence-corrected chi connectivity index (χ3v) is 5.72. The van der Waals surface area contributed by atoms with Gasteiger partial charge in [0, 0.05) is 5.56 Å². The van der Waals surface area contributed by atoms with E-state index < -0.39 is 24.0 Å². The number of fused-ring (bicyclic) bond motifs is 3. The molecule has 0 fully saturated rings. The van der Waals surface area contributed by atoms with Crippen molar-refractivity contribution in [2.45, 2.75) is 51.7 Å². The maximum Gasteiger partial charge on any atom is 0.339 e. The first kappa shape index (κ1) is 21.2. The van der Waals surface area contributed by atoms with E-state index in [2.05, 4.69) is 5.32 Å². The van der Waals surface area contributed by atoms with Crippen molar-refractivity contribution in [3.05, 3.63) is 39.2 Å². The smallest absolute Gasteiger partial charge is 0.339 e. The largest absolute Gasteiger partial charge is 0.480 e. The molecule has 2 N–H and O–H groups in total. The molecule has 8 heteroatoms. The molecule has 3 rings (SSSR count). The van der Waals surface area contributed by atoms with E-state index in [1.165, 1.54) is 11.8 Å². The molecule has 0 saturated heterocycles. The van der Waals surface area contributed by atoms with Gasteiger partial charge in [-0.2, -0.15) is 11.8 Å². The first-order chi connectivity index (χ1) is 13.8. The van der Waals surface area contributed by atoms with Gasteiger partial charge in [0.25, 0.3) is 5.91 Å². The summed E-state index contributed by atoms with van der Waals surface area (Å²) in [5.74, 6) is -0.469. The van der Waals surface area contributed by atoms with Crippen LogP contribution in [0.4, 0.5) is 0 Å². The number of ether oxygens (including phenoxy) is 1. The van der Waals surface area contributed by atoms with Gasteiger partial charge in [0.1, 0.15) is 17.4 Å². The van der Waals surface area contributed by atoms with E-state index in [-0.39, 0.29) is 5.63 Å². The van der Waals surface area contributed by atoms with Crippen molar-refractivity contribution in [1.29, 1.82) is 0 Å². The van der Waals surface area contributed by atoms with Gasteiger partial charge >= 0.3 is 11.6 Å². The normalized spacial score (nSPS) is 15.0. The van der Waals surface area contributed by atoms with Gasteiger partial charge in [-0.1, -0.05) is 0 Å². The predicted molar refractivity (Wildman–Crippen MR) is 112 cm³/mol. The van der Waals surface area contributed by atoms with Crippen LogP contribution in [0.3, 0.4) is 0 Å². The van der Waals surface area contributed by atoms with Gasteiger partial charge in [-0.25, -0.2) is 9.59 Å². The summed E-state index contributed by atoms with van der Waals surface area (Å²) in [6.07, 6.45) is 3.62. The quantitative estimate of drug-likeness (QED) is 0.634. The molecule has 0 bridgehead atoms. The van der Waals surface area contributed by atoms with Gasteiger partial charge in [0.15, 0.2) is 6.10 Å². The minimum absolute atomic E-state index is 0.314. The molecule has 1 amide bonds. The molecule has 2 aromatic rings. The average molecular weight is 419 g/mol. The maximum atomic E-state index is 12.6. The zero-order chi connectivity index (χ0) is 21.1. The third kappa shape index (κ3) is 4.58. The van der Waals surface area contributed by atoms with Crippen LogP contribution >= 0.6 is 11.8 Å². The average Bonchev–Trinajstić information content (AvgIpc) is 3.14. The van der Waals surface area contributed by atoms with Crippen LogP contribution in [-0.2, 0) is 22.4 Å². The van der Waals surface area contributed by atoms with Crippen molar-refractivity contribution in [1.82, 2.24) is 5.32 Å². The highest BCUT2D eigenvalue weighted by molar-refractivity contribution is 7.98. The number of amides is 1. The summed E-state index contributed by atoms with van der Waals surface area (Å²) in [7, 11) is 0. The monoisotopic (exact) mass is 419 g/mol. The molecular weight excluding hydrogens is 394 g/mol. The Kier molecular flexibility index (Phi) is 6.52. The first-order valence-electron chi connectivity index (χ1n) is 9.59. The van der Waals surface area contributed by atoms with Crippen LogP contribution in [0.25, 0.3) is 11.0 Å². The van der Waals surface area contributed by atoms with Crippen LogP contribution in [0.15, 0.2) is 21.3 Å². The van der Waals surface area contributed by atoms with Crippen LogP contribution in [0.2, 0.25) is 0 Å². The Balaban J connectivity index is 1.87. The van der Waals surface area contributed by atoms with Gasteiger partial charge in [-0.05, 0) is 74.8 Å². The molecule has 1 aromatic carbocycles. The number of hydrogen-bond acceptors (Lipinski definition) is 6. The fraction of sp³-hybridized carbons (Fsp3) is 0.476. The Hall–Kier alpha value is -2.48. The fourth-order valence-electron chi connectivity index (χ4n) is 3.62. The lowest BCUT2D eigenvalue weighted by molar-refractivity contribution is -0.142. The summed E-state index contributed by atoms with van der Waals surface area (Å²) in [5, 5.41) is 12.6. The Morgan fingerprint density at radius 3 is 2.72 bits per heavy atom. The molecule has 1 aromatic heterocycles. The molecule has 2 atom stereocenters. The highest BCUT2D eigenvalue weighted by atomic mass is 32.2. The number of carboxylic acids is 1. The standard InChI is InChI=1S/C21H25NO6S/c1-11-9-16(18-13-5-4-6-14(13)21(26)28-17(18)10-11)27-12(2)19(23)22-15(20(24)25)7-8-29-3/h9-10,12,15H,4-8H2,1-3H3,(H,22,23)(H,24,25)/t12?,15-/m0/s1. The summed E-state index contributed by atoms with van der Waals surface area (Å²) in [6, 6.07) is 2.64. The molecule has 0 spiro atoms. The highest BCUT2D eigenvalue weighted by Gasteiger charge is 2.26. The Labute approximate surface area is 172 Å². The lowest BCUT2D eigenvalue weighted by Crippen LogP contribution is -2.46. The van der Waals surface area contributed by atoms with Gasteiger partial charge < -0.3 is 19.6 Å². The zero-order valence-corrected chi connectivity index (χ0v) is 17.6. The van der Waals surface area contributed by atoms with E-state index in [1.807, 2.05) is 19.2 Å². The van der Waals surface area contributed by atoms with Crippen molar-refractivity contribution in [3.8, 4) is 5.75 Å². The molecule has 1 unspecified atom stereocenters. The van der Waals surface area contributed by atoms with Crippen molar-refractivity contribution in [3.63, 3.8) is 0 Å². The second kappa shape index (κ2) is 8.90. The van der Waals surface area contributed by atoms with E-state index in [1.54, 1.807) is 13.0 Å². The molecule has 1 aliphatic rings. The van der Waals surface area contributed by atoms with Crippen LogP contribution in [0.1, 0.15) is 36.5 Å². The van der Waals surface area contributed by atoms with Crippen LogP contribution in [0.5, 0.6) is 5.75 Å². The summed E-state index contributed by atoms with van der Waals surface area (Å²) >= 11 is 1.52. The van der Waals surface area contributed by atoms with Crippen LogP contribution in [0, 0.1) is 6.92 Å². The lowest BCUT2D eigenvalue weighted by Gasteiger charge is -2.20. The maximum absolute atomic E-state index is 12.6. The molecule has 7 nitrogen and oxygen atoms in total. The number of rotatable bonds is 8. The minimum Gasteiger partial charge on any atom is -0.480 e. The van der Waals surface area contributed by atoms with Gasteiger partial charge in [-0.15, -0.1) is 0 Å². The number of aliphatic carboxylic acids is 1. The highest BCUT2D eigenvalue weighted by Crippen LogP contribution is 2.35. The number of carboxylic acid groups (broad SMARTS) is 1. The van der Waals surface area contributed by atoms with E-state index in [0.29, 0.717) is 35.5 Å². The Morgan fingerprint density at radius 2 is 2.03 bits per heavy atom.